The monoisotopic (exact) mass is 386 g/mol. The summed E-state index contributed by atoms with van der Waals surface area (Å²) in [5, 5.41) is 10.7. The van der Waals surface area contributed by atoms with Gasteiger partial charge in [0, 0.05) is 12.1 Å². The van der Waals surface area contributed by atoms with Crippen molar-refractivity contribution in [3.05, 3.63) is 108 Å². The standard InChI is InChI=1S/C23H19FN4O/c24-21-12-5-4-10-20(21)15-28-16-22(26-27-28)23(29)25-14-17-7-6-11-19(13-17)18-8-2-1-3-9-18/h1-13,16H,14-15H2,(H,25,29). The largest absolute Gasteiger partial charge is 0.347 e. The molecule has 0 saturated carbocycles. The van der Waals surface area contributed by atoms with Gasteiger partial charge in [0.05, 0.1) is 12.7 Å². The van der Waals surface area contributed by atoms with Crippen LogP contribution in [0.3, 0.4) is 0 Å². The first-order valence-corrected chi connectivity index (χ1v) is 9.25. The molecule has 0 aliphatic heterocycles. The molecule has 0 unspecified atom stereocenters. The fourth-order valence-electron chi connectivity index (χ4n) is 3.05. The summed E-state index contributed by atoms with van der Waals surface area (Å²) in [6.07, 6.45) is 1.52. The Morgan fingerprint density at radius 2 is 1.69 bits per heavy atom. The molecular weight excluding hydrogens is 367 g/mol. The fraction of sp³-hybridized carbons (Fsp3) is 0.0870. The van der Waals surface area contributed by atoms with Crippen LogP contribution in [-0.4, -0.2) is 20.9 Å². The highest BCUT2D eigenvalue weighted by Crippen LogP contribution is 2.20. The number of amides is 1. The van der Waals surface area contributed by atoms with Gasteiger partial charge in [0.1, 0.15) is 5.82 Å². The molecule has 144 valence electrons. The zero-order valence-electron chi connectivity index (χ0n) is 15.6. The highest BCUT2D eigenvalue weighted by atomic mass is 19.1. The molecule has 0 aliphatic rings. The van der Waals surface area contributed by atoms with Gasteiger partial charge in [-0.05, 0) is 28.8 Å². The number of hydrogen-bond donors (Lipinski definition) is 1. The molecule has 0 bridgehead atoms. The van der Waals surface area contributed by atoms with E-state index in [0.29, 0.717) is 12.1 Å². The summed E-state index contributed by atoms with van der Waals surface area (Å²) in [4.78, 5) is 12.4. The molecule has 1 heterocycles. The molecular formula is C23H19FN4O. The molecule has 1 N–H and O–H groups in total. The quantitative estimate of drug-likeness (QED) is 0.544. The van der Waals surface area contributed by atoms with Crippen molar-refractivity contribution in [1.29, 1.82) is 0 Å². The molecule has 6 heteroatoms. The Bertz CT molecular complexity index is 1120. The van der Waals surface area contributed by atoms with Gasteiger partial charge >= 0.3 is 0 Å². The molecule has 1 amide bonds. The molecule has 0 fully saturated rings. The predicted octanol–water partition coefficient (Wildman–Crippen LogP) is 4.06. The highest BCUT2D eigenvalue weighted by molar-refractivity contribution is 5.91. The number of aromatic nitrogens is 3. The van der Waals surface area contributed by atoms with Gasteiger partial charge in [-0.3, -0.25) is 4.79 Å². The normalized spacial score (nSPS) is 10.7. The molecule has 0 radical (unpaired) electrons. The van der Waals surface area contributed by atoms with Crippen molar-refractivity contribution in [2.75, 3.05) is 0 Å². The summed E-state index contributed by atoms with van der Waals surface area (Å²) in [5.41, 5.74) is 3.88. The van der Waals surface area contributed by atoms with E-state index in [0.717, 1.165) is 16.7 Å². The Kier molecular flexibility index (Phi) is 5.42. The second-order valence-corrected chi connectivity index (χ2v) is 6.64. The molecule has 4 aromatic rings. The van der Waals surface area contributed by atoms with Gasteiger partial charge in [-0.2, -0.15) is 0 Å². The van der Waals surface area contributed by atoms with Crippen LogP contribution in [0.1, 0.15) is 21.6 Å². The maximum Gasteiger partial charge on any atom is 0.273 e. The molecule has 0 saturated heterocycles. The molecule has 0 aliphatic carbocycles. The highest BCUT2D eigenvalue weighted by Gasteiger charge is 2.12. The lowest BCUT2D eigenvalue weighted by molar-refractivity contribution is 0.0946. The van der Waals surface area contributed by atoms with Crippen molar-refractivity contribution in [3.8, 4) is 11.1 Å². The minimum atomic E-state index is -0.324. The Hall–Kier alpha value is -3.80. The van der Waals surface area contributed by atoms with Crippen molar-refractivity contribution in [2.24, 2.45) is 0 Å². The Labute approximate surface area is 167 Å². The first-order chi connectivity index (χ1) is 14.2. The van der Waals surface area contributed by atoms with Crippen molar-refractivity contribution in [3.63, 3.8) is 0 Å². The van der Waals surface area contributed by atoms with E-state index >= 15 is 0 Å². The minimum absolute atomic E-state index is 0.195. The van der Waals surface area contributed by atoms with Crippen LogP contribution in [0.25, 0.3) is 11.1 Å². The second-order valence-electron chi connectivity index (χ2n) is 6.64. The van der Waals surface area contributed by atoms with Crippen LogP contribution in [0.4, 0.5) is 4.39 Å². The zero-order chi connectivity index (χ0) is 20.1. The number of nitrogens with zero attached hydrogens (tertiary/aromatic N) is 3. The fourth-order valence-corrected chi connectivity index (χ4v) is 3.05. The smallest absolute Gasteiger partial charge is 0.273 e. The average molecular weight is 386 g/mol. The number of carbonyl (C=O) groups excluding carboxylic acids is 1. The van der Waals surface area contributed by atoms with E-state index in [1.807, 2.05) is 54.6 Å². The van der Waals surface area contributed by atoms with E-state index in [1.165, 1.54) is 16.9 Å². The molecule has 5 nitrogen and oxygen atoms in total. The predicted molar refractivity (Wildman–Crippen MR) is 109 cm³/mol. The van der Waals surface area contributed by atoms with E-state index in [2.05, 4.69) is 15.6 Å². The van der Waals surface area contributed by atoms with E-state index < -0.39 is 0 Å². The molecule has 4 rings (SSSR count). The van der Waals surface area contributed by atoms with Crippen LogP contribution in [0.2, 0.25) is 0 Å². The van der Waals surface area contributed by atoms with Crippen LogP contribution >= 0.6 is 0 Å². The van der Waals surface area contributed by atoms with Crippen molar-refractivity contribution in [1.82, 2.24) is 20.3 Å². The first kappa shape index (κ1) is 18.6. The van der Waals surface area contributed by atoms with Gasteiger partial charge in [0.2, 0.25) is 0 Å². The maximum atomic E-state index is 13.8. The van der Waals surface area contributed by atoms with E-state index in [1.54, 1.807) is 18.2 Å². The summed E-state index contributed by atoms with van der Waals surface area (Å²) in [6, 6.07) is 24.5. The average Bonchev–Trinajstić information content (AvgIpc) is 3.23. The van der Waals surface area contributed by atoms with Crippen molar-refractivity contribution in [2.45, 2.75) is 13.1 Å². The van der Waals surface area contributed by atoms with Gasteiger partial charge in [0.25, 0.3) is 5.91 Å². The zero-order valence-corrected chi connectivity index (χ0v) is 15.6. The summed E-state index contributed by atoms with van der Waals surface area (Å²) in [7, 11) is 0. The topological polar surface area (TPSA) is 59.8 Å². The number of benzene rings is 3. The van der Waals surface area contributed by atoms with Crippen LogP contribution in [-0.2, 0) is 13.1 Å². The summed E-state index contributed by atoms with van der Waals surface area (Å²) in [6.45, 7) is 0.589. The summed E-state index contributed by atoms with van der Waals surface area (Å²) in [5.74, 6) is -0.637. The Balaban J connectivity index is 1.39. The summed E-state index contributed by atoms with van der Waals surface area (Å²) < 4.78 is 15.2. The van der Waals surface area contributed by atoms with Crippen molar-refractivity contribution >= 4 is 5.91 Å². The lowest BCUT2D eigenvalue weighted by Gasteiger charge is -2.06. The Morgan fingerprint density at radius 3 is 2.52 bits per heavy atom. The SMILES string of the molecule is O=C(NCc1cccc(-c2ccccc2)c1)c1cn(Cc2ccccc2F)nn1. The lowest BCUT2D eigenvalue weighted by Crippen LogP contribution is -2.23. The van der Waals surface area contributed by atoms with Gasteiger partial charge in [-0.1, -0.05) is 71.9 Å². The van der Waals surface area contributed by atoms with Gasteiger partial charge in [0.15, 0.2) is 5.69 Å². The third-order valence-corrected chi connectivity index (χ3v) is 4.55. The maximum absolute atomic E-state index is 13.8. The molecule has 0 spiro atoms. The third-order valence-electron chi connectivity index (χ3n) is 4.55. The van der Waals surface area contributed by atoms with E-state index in [9.17, 15) is 9.18 Å². The minimum Gasteiger partial charge on any atom is -0.347 e. The van der Waals surface area contributed by atoms with Crippen LogP contribution in [0.15, 0.2) is 85.1 Å². The number of carbonyl (C=O) groups is 1. The van der Waals surface area contributed by atoms with Crippen LogP contribution < -0.4 is 5.32 Å². The van der Waals surface area contributed by atoms with E-state index in [-0.39, 0.29) is 24.0 Å². The third kappa shape index (κ3) is 4.55. The van der Waals surface area contributed by atoms with E-state index in [4.69, 9.17) is 0 Å². The second kappa shape index (κ2) is 8.48. The van der Waals surface area contributed by atoms with Gasteiger partial charge in [-0.25, -0.2) is 9.07 Å². The van der Waals surface area contributed by atoms with Crippen LogP contribution in [0.5, 0.6) is 0 Å². The van der Waals surface area contributed by atoms with Gasteiger partial charge in [-0.15, -0.1) is 5.10 Å². The molecule has 29 heavy (non-hydrogen) atoms. The van der Waals surface area contributed by atoms with Crippen molar-refractivity contribution < 1.29 is 9.18 Å². The number of nitrogens with one attached hydrogen (secondary N) is 1. The first-order valence-electron chi connectivity index (χ1n) is 9.25. The molecule has 1 aromatic heterocycles. The number of rotatable bonds is 6. The van der Waals surface area contributed by atoms with Gasteiger partial charge < -0.3 is 5.32 Å². The molecule has 3 aromatic carbocycles. The molecule has 0 atom stereocenters. The number of hydrogen-bond acceptors (Lipinski definition) is 3. The van der Waals surface area contributed by atoms with Crippen LogP contribution in [0, 0.1) is 5.82 Å². The summed E-state index contributed by atoms with van der Waals surface area (Å²) >= 11 is 0. The lowest BCUT2D eigenvalue weighted by atomic mass is 10.0. The number of halogens is 1. The Morgan fingerprint density at radius 1 is 0.931 bits per heavy atom.